The van der Waals surface area contributed by atoms with Crippen LogP contribution in [0.15, 0.2) is 36.4 Å². The van der Waals surface area contributed by atoms with Crippen molar-refractivity contribution in [2.45, 2.75) is 0 Å². The van der Waals surface area contributed by atoms with E-state index in [4.69, 9.17) is 30.6 Å². The first-order valence-electron chi connectivity index (χ1n) is 3.13. The summed E-state index contributed by atoms with van der Waals surface area (Å²) in [4.78, 5) is 16.7. The van der Waals surface area contributed by atoms with Crippen molar-refractivity contribution < 1.29 is 20.6 Å². The van der Waals surface area contributed by atoms with E-state index in [0.717, 1.165) is 0 Å². The third kappa shape index (κ3) is 54.5. The second-order valence-electron chi connectivity index (χ2n) is 1.63. The highest BCUT2D eigenvalue weighted by molar-refractivity contribution is 4.99. The van der Waals surface area contributed by atoms with Crippen molar-refractivity contribution in [1.29, 1.82) is 0 Å². The molecule has 8 nitrogen and oxygen atoms in total. The van der Waals surface area contributed by atoms with Gasteiger partial charge in [-0.15, -0.1) is 20.2 Å². The number of nitrogens with zero attached hydrogens (tertiary/aromatic N) is 2. The van der Waals surface area contributed by atoms with E-state index in [1.807, 2.05) is 36.4 Å². The maximum absolute atomic E-state index is 8.36. The minimum atomic E-state index is -1.50. The molecule has 0 aliphatic heterocycles. The molecule has 0 atom stereocenters. The highest BCUT2D eigenvalue weighted by Crippen LogP contribution is 1.79. The number of benzene rings is 1. The van der Waals surface area contributed by atoms with Gasteiger partial charge in [0.1, 0.15) is 0 Å². The molecule has 0 spiro atoms. The van der Waals surface area contributed by atoms with Crippen LogP contribution in [0.1, 0.15) is 0 Å². The molecule has 0 fully saturated rings. The SMILES string of the molecule is O=[N+]([O-])O.O=[N+]([O-])O.c1ccccc1. The third-order valence-corrected chi connectivity index (χ3v) is 0.667. The van der Waals surface area contributed by atoms with Crippen molar-refractivity contribution in [3.05, 3.63) is 56.6 Å². The average molecular weight is 204 g/mol. The van der Waals surface area contributed by atoms with Crippen LogP contribution >= 0.6 is 0 Å². The van der Waals surface area contributed by atoms with Crippen LogP contribution in [-0.4, -0.2) is 20.6 Å². The zero-order valence-corrected chi connectivity index (χ0v) is 6.89. The van der Waals surface area contributed by atoms with Crippen LogP contribution in [-0.2, 0) is 0 Å². The molecule has 1 aromatic rings. The lowest BCUT2D eigenvalue weighted by Gasteiger charge is -1.69. The lowest BCUT2D eigenvalue weighted by Crippen LogP contribution is -1.81. The Labute approximate surface area is 78.2 Å². The Morgan fingerprint density at radius 2 is 0.786 bits per heavy atom. The van der Waals surface area contributed by atoms with Crippen LogP contribution in [0.2, 0.25) is 0 Å². The molecule has 2 N–H and O–H groups in total. The van der Waals surface area contributed by atoms with Gasteiger partial charge in [-0.2, -0.15) is 0 Å². The molecule has 1 aromatic carbocycles. The fraction of sp³-hybridized carbons (Fsp3) is 0. The van der Waals surface area contributed by atoms with Crippen LogP contribution in [0.25, 0.3) is 0 Å². The van der Waals surface area contributed by atoms with E-state index in [9.17, 15) is 0 Å². The van der Waals surface area contributed by atoms with Crippen molar-refractivity contribution in [2.75, 3.05) is 0 Å². The molecule has 14 heavy (non-hydrogen) atoms. The molecule has 0 aromatic heterocycles. The quantitative estimate of drug-likeness (QED) is 0.479. The van der Waals surface area contributed by atoms with Gasteiger partial charge in [-0.3, -0.25) is 0 Å². The standard InChI is InChI=1S/C6H6.2HNO3/c1-2-4-6-5-3-1;2*2-1(3)4/h1-6H;2*(H,2,3,4). The monoisotopic (exact) mass is 204 g/mol. The Hall–Kier alpha value is -2.38. The fourth-order valence-electron chi connectivity index (χ4n) is 0.385. The van der Waals surface area contributed by atoms with Gasteiger partial charge in [0.2, 0.25) is 0 Å². The molecule has 0 heterocycles. The normalized spacial score (nSPS) is 6.86. The first-order chi connectivity index (χ1) is 6.46. The van der Waals surface area contributed by atoms with Gasteiger partial charge in [0.25, 0.3) is 10.2 Å². The molecule has 0 saturated carbocycles. The summed E-state index contributed by atoms with van der Waals surface area (Å²) in [6, 6.07) is 12.0. The van der Waals surface area contributed by atoms with Crippen molar-refractivity contribution in [3.63, 3.8) is 0 Å². The summed E-state index contributed by atoms with van der Waals surface area (Å²) in [6.45, 7) is 0. The van der Waals surface area contributed by atoms with Gasteiger partial charge in [-0.25, -0.2) is 0 Å². The first-order valence-corrected chi connectivity index (χ1v) is 3.13. The van der Waals surface area contributed by atoms with Gasteiger partial charge in [0, 0.05) is 0 Å². The molecule has 0 bridgehead atoms. The average Bonchev–Trinajstić information content (AvgIpc) is 2.05. The molecule has 0 aliphatic rings. The lowest BCUT2D eigenvalue weighted by atomic mass is 10.4. The lowest BCUT2D eigenvalue weighted by molar-refractivity contribution is -0.742. The van der Waals surface area contributed by atoms with E-state index in [0.29, 0.717) is 0 Å². The molecule has 0 saturated heterocycles. The molecule has 0 radical (unpaired) electrons. The van der Waals surface area contributed by atoms with Crippen LogP contribution < -0.4 is 0 Å². The molecule has 0 unspecified atom stereocenters. The maximum Gasteiger partial charge on any atom is 0.291 e. The smallest absolute Gasteiger partial charge is 0.291 e. The van der Waals surface area contributed by atoms with E-state index in [2.05, 4.69) is 0 Å². The van der Waals surface area contributed by atoms with Gasteiger partial charge >= 0.3 is 0 Å². The minimum absolute atomic E-state index is 1.50. The second-order valence-corrected chi connectivity index (χ2v) is 1.63. The van der Waals surface area contributed by atoms with E-state index in [1.165, 1.54) is 0 Å². The summed E-state index contributed by atoms with van der Waals surface area (Å²) in [6.07, 6.45) is 0. The highest BCUT2D eigenvalue weighted by Gasteiger charge is 1.65. The van der Waals surface area contributed by atoms with Gasteiger partial charge in [0.15, 0.2) is 0 Å². The third-order valence-electron chi connectivity index (χ3n) is 0.667. The molecule has 0 amide bonds. The maximum atomic E-state index is 8.36. The highest BCUT2D eigenvalue weighted by atomic mass is 16.9. The summed E-state index contributed by atoms with van der Waals surface area (Å²) in [5.74, 6) is 0. The Balaban J connectivity index is 0. The second kappa shape index (κ2) is 10.6. The van der Waals surface area contributed by atoms with Gasteiger partial charge in [-0.1, -0.05) is 36.4 Å². The molecule has 78 valence electrons. The number of hydrogen-bond donors (Lipinski definition) is 2. The van der Waals surface area contributed by atoms with E-state index in [-0.39, 0.29) is 0 Å². The predicted molar refractivity (Wildman–Crippen MR) is 44.0 cm³/mol. The zero-order valence-electron chi connectivity index (χ0n) is 6.89. The van der Waals surface area contributed by atoms with Crippen molar-refractivity contribution in [3.8, 4) is 0 Å². The van der Waals surface area contributed by atoms with Crippen LogP contribution in [0.5, 0.6) is 0 Å². The van der Waals surface area contributed by atoms with Crippen LogP contribution in [0, 0.1) is 20.2 Å². The molecular formula is C6H8N2O6. The van der Waals surface area contributed by atoms with Crippen molar-refractivity contribution in [1.82, 2.24) is 0 Å². The Kier molecular flexibility index (Phi) is 10.7. The zero-order chi connectivity index (χ0) is 11.4. The minimum Gasteiger partial charge on any atom is -0.328 e. The van der Waals surface area contributed by atoms with Crippen molar-refractivity contribution >= 4 is 0 Å². The summed E-state index contributed by atoms with van der Waals surface area (Å²) < 4.78 is 0. The summed E-state index contributed by atoms with van der Waals surface area (Å²) in [7, 11) is 0. The Bertz CT molecular complexity index is 205. The number of hydrogen-bond acceptors (Lipinski definition) is 4. The Morgan fingerprint density at radius 1 is 0.714 bits per heavy atom. The summed E-state index contributed by atoms with van der Waals surface area (Å²) >= 11 is 0. The molecule has 0 aliphatic carbocycles. The van der Waals surface area contributed by atoms with Gasteiger partial charge < -0.3 is 10.4 Å². The fourth-order valence-corrected chi connectivity index (χ4v) is 0.385. The predicted octanol–water partition coefficient (Wildman–Crippen LogP) is 0.991. The van der Waals surface area contributed by atoms with E-state index in [1.54, 1.807) is 0 Å². The van der Waals surface area contributed by atoms with Crippen LogP contribution in [0.3, 0.4) is 0 Å². The van der Waals surface area contributed by atoms with Crippen LogP contribution in [0.4, 0.5) is 0 Å². The number of rotatable bonds is 0. The van der Waals surface area contributed by atoms with Gasteiger partial charge in [0.05, 0.1) is 0 Å². The molecule has 8 heteroatoms. The summed E-state index contributed by atoms with van der Waals surface area (Å²) in [5.41, 5.74) is 0. The van der Waals surface area contributed by atoms with Gasteiger partial charge in [-0.05, 0) is 0 Å². The van der Waals surface area contributed by atoms with E-state index < -0.39 is 10.2 Å². The van der Waals surface area contributed by atoms with E-state index >= 15 is 0 Å². The molecular weight excluding hydrogens is 196 g/mol. The first kappa shape index (κ1) is 14.2. The van der Waals surface area contributed by atoms with Crippen molar-refractivity contribution in [2.24, 2.45) is 0 Å². The Morgan fingerprint density at radius 3 is 0.857 bits per heavy atom. The largest absolute Gasteiger partial charge is 0.328 e. The topological polar surface area (TPSA) is 127 Å². The molecule has 1 rings (SSSR count). The summed E-state index contributed by atoms with van der Waals surface area (Å²) in [5, 5.41) is 27.3.